The number of aromatic amines is 1. The van der Waals surface area contributed by atoms with E-state index < -0.39 is 9.84 Å². The molecule has 0 aromatic carbocycles. The average Bonchev–Trinajstić information content (AvgIpc) is 3.24. The summed E-state index contributed by atoms with van der Waals surface area (Å²) >= 11 is 0. The molecule has 26 heavy (non-hydrogen) atoms. The van der Waals surface area contributed by atoms with E-state index in [2.05, 4.69) is 30.8 Å². The molecule has 4 rings (SSSR count). The van der Waals surface area contributed by atoms with Gasteiger partial charge in [-0.05, 0) is 44.2 Å². The van der Waals surface area contributed by atoms with E-state index in [1.807, 2.05) is 0 Å². The number of aromatic nitrogens is 4. The fraction of sp³-hybridized carbons (Fsp3) is 0.588. The van der Waals surface area contributed by atoms with Gasteiger partial charge >= 0.3 is 0 Å². The van der Waals surface area contributed by atoms with Gasteiger partial charge in [-0.25, -0.2) is 18.4 Å². The van der Waals surface area contributed by atoms with Gasteiger partial charge in [-0.15, -0.1) is 0 Å². The van der Waals surface area contributed by atoms with Crippen molar-refractivity contribution in [2.45, 2.75) is 49.5 Å². The number of sulfone groups is 1. The molecule has 0 unspecified atom stereocenters. The van der Waals surface area contributed by atoms with Gasteiger partial charge in [0.1, 0.15) is 4.90 Å². The van der Waals surface area contributed by atoms with Crippen LogP contribution in [-0.2, 0) is 29.2 Å². The third-order valence-electron chi connectivity index (χ3n) is 5.17. The van der Waals surface area contributed by atoms with Crippen molar-refractivity contribution in [3.05, 3.63) is 28.8 Å². The van der Waals surface area contributed by atoms with Crippen molar-refractivity contribution in [2.75, 3.05) is 24.7 Å². The normalized spacial score (nSPS) is 20.1. The Morgan fingerprint density at radius 1 is 1.31 bits per heavy atom. The number of hydrogen-bond donors (Lipinski definition) is 3. The van der Waals surface area contributed by atoms with Crippen molar-refractivity contribution in [3.8, 4) is 0 Å². The van der Waals surface area contributed by atoms with Gasteiger partial charge in [-0.1, -0.05) is 0 Å². The highest BCUT2D eigenvalue weighted by Gasteiger charge is 2.25. The van der Waals surface area contributed by atoms with Crippen LogP contribution < -0.4 is 10.6 Å². The molecule has 3 heterocycles. The molecule has 1 aliphatic heterocycles. The maximum Gasteiger partial charge on any atom is 0.223 e. The Morgan fingerprint density at radius 2 is 2.19 bits per heavy atom. The zero-order valence-corrected chi connectivity index (χ0v) is 15.7. The summed E-state index contributed by atoms with van der Waals surface area (Å²) in [7, 11) is -3.36. The van der Waals surface area contributed by atoms with Gasteiger partial charge in [0.2, 0.25) is 5.95 Å². The number of H-pyrrole nitrogens is 1. The van der Waals surface area contributed by atoms with Crippen molar-refractivity contribution >= 4 is 15.8 Å². The summed E-state index contributed by atoms with van der Waals surface area (Å²) in [4.78, 5) is 9.04. The summed E-state index contributed by atoms with van der Waals surface area (Å²) in [6, 6.07) is 0. The molecule has 9 heteroatoms. The number of piperidine rings is 1. The number of hydrogen-bond acceptors (Lipinski definition) is 7. The summed E-state index contributed by atoms with van der Waals surface area (Å²) < 4.78 is 24.3. The van der Waals surface area contributed by atoms with Crippen LogP contribution in [0.15, 0.2) is 11.1 Å². The Bertz CT molecular complexity index is 902. The highest BCUT2D eigenvalue weighted by molar-refractivity contribution is 7.90. The van der Waals surface area contributed by atoms with Crippen LogP contribution in [-0.4, -0.2) is 47.9 Å². The van der Waals surface area contributed by atoms with E-state index in [-0.39, 0.29) is 10.8 Å². The first kappa shape index (κ1) is 17.4. The minimum atomic E-state index is -3.36. The van der Waals surface area contributed by atoms with Crippen molar-refractivity contribution < 1.29 is 8.42 Å². The van der Waals surface area contributed by atoms with Crippen LogP contribution in [0.5, 0.6) is 0 Å². The SMILES string of the molecule is CS(=O)(=O)c1cnc(NCc2n[nH]c3c2CCC3)nc1[C@@H]1CCCNC1. The molecular formula is C17H24N6O2S. The molecule has 140 valence electrons. The van der Waals surface area contributed by atoms with Gasteiger partial charge in [0.25, 0.3) is 0 Å². The minimum absolute atomic E-state index is 0.0895. The van der Waals surface area contributed by atoms with E-state index in [0.29, 0.717) is 18.2 Å². The van der Waals surface area contributed by atoms with E-state index in [9.17, 15) is 8.42 Å². The van der Waals surface area contributed by atoms with Gasteiger partial charge in [0.05, 0.1) is 24.1 Å². The van der Waals surface area contributed by atoms with Crippen LogP contribution in [0.2, 0.25) is 0 Å². The van der Waals surface area contributed by atoms with Crippen LogP contribution in [0.4, 0.5) is 5.95 Å². The third-order valence-corrected chi connectivity index (χ3v) is 6.29. The van der Waals surface area contributed by atoms with Gasteiger partial charge < -0.3 is 10.6 Å². The predicted molar refractivity (Wildman–Crippen MR) is 97.9 cm³/mol. The standard InChI is InChI=1S/C17H24N6O2S/c1-26(24,25)15-10-20-17(21-16(15)11-4-3-7-18-8-11)19-9-14-12-5-2-6-13(12)22-23-14/h10-11,18H,2-9H2,1H3,(H,22,23)(H,19,20,21)/t11-/m1/s1. The van der Waals surface area contributed by atoms with Crippen LogP contribution in [0.3, 0.4) is 0 Å². The van der Waals surface area contributed by atoms with Crippen LogP contribution in [0.1, 0.15) is 47.8 Å². The molecule has 1 saturated heterocycles. The third kappa shape index (κ3) is 3.45. The zero-order chi connectivity index (χ0) is 18.1. The maximum absolute atomic E-state index is 12.1. The smallest absolute Gasteiger partial charge is 0.223 e. The molecule has 2 aromatic rings. The van der Waals surface area contributed by atoms with Crippen molar-refractivity contribution in [3.63, 3.8) is 0 Å². The highest BCUT2D eigenvalue weighted by Crippen LogP contribution is 2.28. The van der Waals surface area contributed by atoms with E-state index in [0.717, 1.165) is 50.9 Å². The first-order chi connectivity index (χ1) is 12.5. The first-order valence-electron chi connectivity index (χ1n) is 9.09. The van der Waals surface area contributed by atoms with Crippen molar-refractivity contribution in [1.82, 2.24) is 25.5 Å². The lowest BCUT2D eigenvalue weighted by atomic mass is 9.96. The second kappa shape index (κ2) is 6.96. The molecule has 1 fully saturated rings. The molecule has 1 aliphatic carbocycles. The molecule has 2 aliphatic rings. The average molecular weight is 376 g/mol. The molecule has 3 N–H and O–H groups in total. The largest absolute Gasteiger partial charge is 0.348 e. The summed E-state index contributed by atoms with van der Waals surface area (Å²) in [5.41, 5.74) is 4.13. The number of rotatable bonds is 5. The summed E-state index contributed by atoms with van der Waals surface area (Å²) in [5.74, 6) is 0.541. The highest BCUT2D eigenvalue weighted by atomic mass is 32.2. The van der Waals surface area contributed by atoms with Crippen molar-refractivity contribution in [2.24, 2.45) is 0 Å². The number of fused-ring (bicyclic) bond motifs is 1. The summed E-state index contributed by atoms with van der Waals surface area (Å²) in [6.07, 6.45) is 7.86. The van der Waals surface area contributed by atoms with Gasteiger partial charge in [0.15, 0.2) is 9.84 Å². The van der Waals surface area contributed by atoms with E-state index in [1.165, 1.54) is 23.7 Å². The Morgan fingerprint density at radius 3 is 2.96 bits per heavy atom. The monoisotopic (exact) mass is 376 g/mol. The molecule has 0 bridgehead atoms. The van der Waals surface area contributed by atoms with E-state index in [1.54, 1.807) is 0 Å². The molecule has 0 saturated carbocycles. The molecule has 0 amide bonds. The number of nitrogens with zero attached hydrogens (tertiary/aromatic N) is 3. The Hall–Kier alpha value is -2.00. The maximum atomic E-state index is 12.1. The molecule has 0 radical (unpaired) electrons. The second-order valence-electron chi connectivity index (χ2n) is 7.09. The Balaban J connectivity index is 1.58. The number of anilines is 1. The number of aryl methyl sites for hydroxylation is 1. The molecule has 8 nitrogen and oxygen atoms in total. The van der Waals surface area contributed by atoms with Gasteiger partial charge in [-0.2, -0.15) is 5.10 Å². The first-order valence-corrected chi connectivity index (χ1v) is 11.0. The molecule has 2 aromatic heterocycles. The zero-order valence-electron chi connectivity index (χ0n) is 14.9. The summed E-state index contributed by atoms with van der Waals surface area (Å²) in [6.45, 7) is 2.24. The summed E-state index contributed by atoms with van der Waals surface area (Å²) in [5, 5.41) is 14.0. The predicted octanol–water partition coefficient (Wildman–Crippen LogP) is 1.17. The lowest BCUT2D eigenvalue weighted by Crippen LogP contribution is -2.30. The lowest BCUT2D eigenvalue weighted by Gasteiger charge is -2.24. The van der Waals surface area contributed by atoms with Gasteiger partial charge in [-0.3, -0.25) is 5.10 Å². The second-order valence-corrected chi connectivity index (χ2v) is 9.08. The van der Waals surface area contributed by atoms with Crippen LogP contribution in [0.25, 0.3) is 0 Å². The number of nitrogens with one attached hydrogen (secondary N) is 3. The van der Waals surface area contributed by atoms with Crippen LogP contribution >= 0.6 is 0 Å². The molecular weight excluding hydrogens is 352 g/mol. The lowest BCUT2D eigenvalue weighted by molar-refractivity contribution is 0.448. The molecule has 0 spiro atoms. The quantitative estimate of drug-likeness (QED) is 0.718. The Kier molecular flexibility index (Phi) is 4.66. The fourth-order valence-corrected chi connectivity index (χ4v) is 4.67. The van der Waals surface area contributed by atoms with E-state index >= 15 is 0 Å². The Labute approximate surface area is 153 Å². The van der Waals surface area contributed by atoms with E-state index in [4.69, 9.17) is 0 Å². The topological polar surface area (TPSA) is 113 Å². The van der Waals surface area contributed by atoms with Gasteiger partial charge in [0, 0.05) is 24.4 Å². The molecule has 1 atom stereocenters. The fourth-order valence-electron chi connectivity index (χ4n) is 3.83. The van der Waals surface area contributed by atoms with Crippen molar-refractivity contribution in [1.29, 1.82) is 0 Å². The van der Waals surface area contributed by atoms with Crippen LogP contribution in [0, 0.1) is 0 Å². The minimum Gasteiger partial charge on any atom is -0.348 e.